The van der Waals surface area contributed by atoms with E-state index in [1.165, 1.54) is 13.0 Å². The Kier molecular flexibility index (Phi) is 3.21. The first-order chi connectivity index (χ1) is 6.49. The third-order valence-corrected chi connectivity index (χ3v) is 2.62. The monoisotopic (exact) mass is 199 g/mol. The van der Waals surface area contributed by atoms with Gasteiger partial charge in [-0.3, -0.25) is 0 Å². The molecule has 0 spiro atoms. The van der Waals surface area contributed by atoms with Gasteiger partial charge in [0.15, 0.2) is 0 Å². The zero-order chi connectivity index (χ0) is 10.9. The SMILES string of the molecule is Cc1c(F)cc(C(C)CN)c(C)c1F. The Labute approximate surface area is 82.9 Å². The Morgan fingerprint density at radius 2 is 1.86 bits per heavy atom. The number of halogens is 2. The zero-order valence-corrected chi connectivity index (χ0v) is 8.70. The summed E-state index contributed by atoms with van der Waals surface area (Å²) in [5, 5.41) is 0. The molecule has 0 amide bonds. The molecule has 2 N–H and O–H groups in total. The highest BCUT2D eigenvalue weighted by Gasteiger charge is 2.15. The van der Waals surface area contributed by atoms with Crippen LogP contribution in [0.3, 0.4) is 0 Å². The highest BCUT2D eigenvalue weighted by Crippen LogP contribution is 2.25. The molecule has 1 aromatic carbocycles. The first kappa shape index (κ1) is 11.1. The summed E-state index contributed by atoms with van der Waals surface area (Å²) in [6.07, 6.45) is 0. The second-order valence-corrected chi connectivity index (χ2v) is 3.65. The van der Waals surface area contributed by atoms with E-state index in [9.17, 15) is 8.78 Å². The van der Waals surface area contributed by atoms with Crippen molar-refractivity contribution in [1.82, 2.24) is 0 Å². The predicted octanol–water partition coefficient (Wildman–Crippen LogP) is 2.64. The summed E-state index contributed by atoms with van der Waals surface area (Å²) in [5.41, 5.74) is 6.71. The molecule has 0 saturated heterocycles. The minimum absolute atomic E-state index is 0.0143. The lowest BCUT2D eigenvalue weighted by molar-refractivity contribution is 0.554. The summed E-state index contributed by atoms with van der Waals surface area (Å²) < 4.78 is 26.7. The van der Waals surface area contributed by atoms with Crippen LogP contribution in [0.1, 0.15) is 29.5 Å². The Morgan fingerprint density at radius 1 is 1.29 bits per heavy atom. The Morgan fingerprint density at radius 3 is 2.36 bits per heavy atom. The maximum atomic E-state index is 13.5. The van der Waals surface area contributed by atoms with Crippen molar-refractivity contribution in [1.29, 1.82) is 0 Å². The molecule has 0 aromatic heterocycles. The Hall–Kier alpha value is -0.960. The molecule has 1 nitrogen and oxygen atoms in total. The molecule has 14 heavy (non-hydrogen) atoms. The summed E-state index contributed by atoms with van der Waals surface area (Å²) >= 11 is 0. The highest BCUT2D eigenvalue weighted by atomic mass is 19.1. The second-order valence-electron chi connectivity index (χ2n) is 3.65. The van der Waals surface area contributed by atoms with E-state index in [-0.39, 0.29) is 11.5 Å². The van der Waals surface area contributed by atoms with Gasteiger partial charge in [-0.1, -0.05) is 6.92 Å². The number of benzene rings is 1. The molecule has 1 rings (SSSR count). The van der Waals surface area contributed by atoms with Gasteiger partial charge in [-0.05, 0) is 43.5 Å². The minimum atomic E-state index is -0.497. The van der Waals surface area contributed by atoms with Crippen molar-refractivity contribution in [2.45, 2.75) is 26.7 Å². The summed E-state index contributed by atoms with van der Waals surface area (Å²) in [4.78, 5) is 0. The van der Waals surface area contributed by atoms with Crippen LogP contribution in [0.15, 0.2) is 6.07 Å². The van der Waals surface area contributed by atoms with Crippen molar-refractivity contribution in [3.8, 4) is 0 Å². The molecule has 0 bridgehead atoms. The van der Waals surface area contributed by atoms with E-state index < -0.39 is 11.6 Å². The van der Waals surface area contributed by atoms with Crippen LogP contribution in [0.5, 0.6) is 0 Å². The van der Waals surface area contributed by atoms with Crippen LogP contribution in [0.25, 0.3) is 0 Å². The van der Waals surface area contributed by atoms with Gasteiger partial charge in [0.25, 0.3) is 0 Å². The maximum Gasteiger partial charge on any atom is 0.132 e. The van der Waals surface area contributed by atoms with Crippen LogP contribution >= 0.6 is 0 Å². The van der Waals surface area contributed by atoms with Crippen molar-refractivity contribution in [2.75, 3.05) is 6.54 Å². The van der Waals surface area contributed by atoms with E-state index in [1.54, 1.807) is 6.92 Å². The fourth-order valence-electron chi connectivity index (χ4n) is 1.50. The van der Waals surface area contributed by atoms with E-state index in [0.29, 0.717) is 17.7 Å². The molecule has 1 aromatic rings. The lowest BCUT2D eigenvalue weighted by Gasteiger charge is -2.14. The maximum absolute atomic E-state index is 13.5. The number of hydrogen-bond acceptors (Lipinski definition) is 1. The van der Waals surface area contributed by atoms with Crippen LogP contribution in [-0.4, -0.2) is 6.54 Å². The number of rotatable bonds is 2. The van der Waals surface area contributed by atoms with Crippen LogP contribution in [0, 0.1) is 25.5 Å². The number of hydrogen-bond donors (Lipinski definition) is 1. The summed E-state index contributed by atoms with van der Waals surface area (Å²) in [6.45, 7) is 5.34. The van der Waals surface area contributed by atoms with Gasteiger partial charge in [-0.2, -0.15) is 0 Å². The van der Waals surface area contributed by atoms with Gasteiger partial charge in [0.1, 0.15) is 11.6 Å². The molecule has 0 saturated carbocycles. The van der Waals surface area contributed by atoms with Crippen molar-refractivity contribution in [2.24, 2.45) is 5.73 Å². The van der Waals surface area contributed by atoms with Crippen molar-refractivity contribution in [3.63, 3.8) is 0 Å². The van der Waals surface area contributed by atoms with E-state index in [0.717, 1.165) is 0 Å². The second kappa shape index (κ2) is 4.05. The van der Waals surface area contributed by atoms with Gasteiger partial charge in [-0.15, -0.1) is 0 Å². The molecule has 3 heteroatoms. The average molecular weight is 199 g/mol. The Balaban J connectivity index is 3.33. The average Bonchev–Trinajstić information content (AvgIpc) is 2.19. The quantitative estimate of drug-likeness (QED) is 0.778. The molecule has 0 aliphatic carbocycles. The van der Waals surface area contributed by atoms with Crippen molar-refractivity contribution in [3.05, 3.63) is 34.4 Å². The minimum Gasteiger partial charge on any atom is -0.330 e. The standard InChI is InChI=1S/C11H15F2N/c1-6(5-14)9-4-10(12)8(3)11(13)7(9)2/h4,6H,5,14H2,1-3H3. The fourth-order valence-corrected chi connectivity index (χ4v) is 1.50. The van der Waals surface area contributed by atoms with E-state index in [4.69, 9.17) is 5.73 Å². The first-order valence-corrected chi connectivity index (χ1v) is 4.64. The topological polar surface area (TPSA) is 26.0 Å². The summed E-state index contributed by atoms with van der Waals surface area (Å²) in [6, 6.07) is 1.38. The molecule has 0 aliphatic rings. The van der Waals surface area contributed by atoms with Gasteiger partial charge >= 0.3 is 0 Å². The predicted molar refractivity (Wildman–Crippen MR) is 53.3 cm³/mol. The smallest absolute Gasteiger partial charge is 0.132 e. The van der Waals surface area contributed by atoms with Crippen LogP contribution < -0.4 is 5.73 Å². The number of nitrogens with two attached hydrogens (primary N) is 1. The molecule has 1 atom stereocenters. The molecule has 1 unspecified atom stereocenters. The van der Waals surface area contributed by atoms with E-state index in [2.05, 4.69) is 0 Å². The third kappa shape index (κ3) is 1.77. The van der Waals surface area contributed by atoms with Gasteiger partial charge in [0, 0.05) is 5.56 Å². The van der Waals surface area contributed by atoms with Crippen LogP contribution in [-0.2, 0) is 0 Å². The molecule has 0 radical (unpaired) electrons. The lowest BCUT2D eigenvalue weighted by atomic mass is 9.94. The molecule has 78 valence electrons. The summed E-state index contributed by atoms with van der Waals surface area (Å²) in [5.74, 6) is -0.969. The normalized spacial score (nSPS) is 13.0. The molecular formula is C11H15F2N. The van der Waals surface area contributed by atoms with Gasteiger partial charge in [-0.25, -0.2) is 8.78 Å². The van der Waals surface area contributed by atoms with Crippen molar-refractivity contribution >= 4 is 0 Å². The summed E-state index contributed by atoms with van der Waals surface area (Å²) in [7, 11) is 0. The lowest BCUT2D eigenvalue weighted by Crippen LogP contribution is -2.12. The van der Waals surface area contributed by atoms with Crippen LogP contribution in [0.4, 0.5) is 8.78 Å². The highest BCUT2D eigenvalue weighted by molar-refractivity contribution is 5.35. The zero-order valence-electron chi connectivity index (χ0n) is 8.70. The molecule has 0 heterocycles. The van der Waals surface area contributed by atoms with E-state index >= 15 is 0 Å². The van der Waals surface area contributed by atoms with Crippen molar-refractivity contribution < 1.29 is 8.78 Å². The molecule has 0 aliphatic heterocycles. The largest absolute Gasteiger partial charge is 0.330 e. The molecular weight excluding hydrogens is 184 g/mol. The van der Waals surface area contributed by atoms with E-state index in [1.807, 2.05) is 6.92 Å². The fraction of sp³-hybridized carbons (Fsp3) is 0.455. The van der Waals surface area contributed by atoms with Crippen LogP contribution in [0.2, 0.25) is 0 Å². The Bertz CT molecular complexity index is 348. The third-order valence-electron chi connectivity index (χ3n) is 2.62. The van der Waals surface area contributed by atoms with Gasteiger partial charge in [0.05, 0.1) is 0 Å². The molecule has 0 fully saturated rings. The first-order valence-electron chi connectivity index (χ1n) is 4.64. The van der Waals surface area contributed by atoms with Gasteiger partial charge < -0.3 is 5.73 Å². The van der Waals surface area contributed by atoms with Gasteiger partial charge in [0.2, 0.25) is 0 Å².